The fraction of sp³-hybridized carbons (Fsp3) is 0.154. The third kappa shape index (κ3) is 1.95. The minimum atomic E-state index is 0.0358. The Morgan fingerprint density at radius 3 is 2.62 bits per heavy atom. The Labute approximate surface area is 103 Å². The lowest BCUT2D eigenvalue weighted by Crippen LogP contribution is -2.21. The molecule has 0 N–H and O–H groups in total. The molecule has 0 saturated heterocycles. The van der Waals surface area contributed by atoms with Crippen molar-refractivity contribution in [3.63, 3.8) is 0 Å². The minimum Gasteiger partial charge on any atom is -0.284 e. The molecule has 0 unspecified atom stereocenters. The van der Waals surface area contributed by atoms with E-state index in [0.717, 1.165) is 16.8 Å². The second-order valence-electron chi connectivity index (χ2n) is 3.63. The van der Waals surface area contributed by atoms with E-state index in [4.69, 9.17) is 0 Å². The molecular formula is C13H12BrNO. The number of hydrogen-bond acceptors (Lipinski definition) is 1. The maximum atomic E-state index is 12.1. The highest BCUT2D eigenvalue weighted by molar-refractivity contribution is 9.08. The van der Waals surface area contributed by atoms with Gasteiger partial charge < -0.3 is 0 Å². The second kappa shape index (κ2) is 4.66. The molecule has 0 atom stereocenters. The molecule has 1 aromatic carbocycles. The van der Waals surface area contributed by atoms with Crippen molar-refractivity contribution in [2.45, 2.75) is 12.3 Å². The van der Waals surface area contributed by atoms with Gasteiger partial charge in [-0.05, 0) is 24.6 Å². The van der Waals surface area contributed by atoms with Gasteiger partial charge in [0.2, 0.25) is 0 Å². The summed E-state index contributed by atoms with van der Waals surface area (Å²) < 4.78 is 1.69. The van der Waals surface area contributed by atoms with Crippen molar-refractivity contribution in [2.24, 2.45) is 0 Å². The molecule has 0 aliphatic heterocycles. The fourth-order valence-corrected chi connectivity index (χ4v) is 2.09. The average Bonchev–Trinajstić information content (AvgIpc) is 2.31. The van der Waals surface area contributed by atoms with Crippen LogP contribution >= 0.6 is 15.9 Å². The maximum Gasteiger partial charge on any atom is 0.259 e. The van der Waals surface area contributed by atoms with Gasteiger partial charge in [-0.3, -0.25) is 9.36 Å². The first-order valence-electron chi connectivity index (χ1n) is 5.06. The van der Waals surface area contributed by atoms with Crippen molar-refractivity contribution in [1.82, 2.24) is 4.57 Å². The predicted octanol–water partition coefficient (Wildman–Crippen LogP) is 3.04. The average molecular weight is 278 g/mol. The Bertz CT molecular complexity index is 560. The van der Waals surface area contributed by atoms with Crippen LogP contribution in [0.4, 0.5) is 0 Å². The molecule has 0 aliphatic rings. The SMILES string of the molecule is Cc1ccccc1-n1cccc(CBr)c1=O. The first-order valence-corrected chi connectivity index (χ1v) is 6.18. The zero-order chi connectivity index (χ0) is 11.5. The van der Waals surface area contributed by atoms with Crippen molar-refractivity contribution in [1.29, 1.82) is 0 Å². The molecule has 0 fully saturated rings. The number of para-hydroxylation sites is 1. The van der Waals surface area contributed by atoms with Gasteiger partial charge in [-0.15, -0.1) is 0 Å². The quantitative estimate of drug-likeness (QED) is 0.774. The van der Waals surface area contributed by atoms with Crippen LogP contribution in [0.2, 0.25) is 0 Å². The topological polar surface area (TPSA) is 22.0 Å². The lowest BCUT2D eigenvalue weighted by Gasteiger charge is -2.09. The third-order valence-electron chi connectivity index (χ3n) is 2.55. The summed E-state index contributed by atoms with van der Waals surface area (Å²) in [6.07, 6.45) is 1.80. The van der Waals surface area contributed by atoms with Crippen LogP contribution in [0, 0.1) is 6.92 Å². The van der Waals surface area contributed by atoms with Crippen molar-refractivity contribution < 1.29 is 0 Å². The van der Waals surface area contributed by atoms with E-state index in [-0.39, 0.29) is 5.56 Å². The van der Waals surface area contributed by atoms with E-state index in [9.17, 15) is 4.79 Å². The normalized spacial score (nSPS) is 10.4. The van der Waals surface area contributed by atoms with Gasteiger partial charge in [-0.1, -0.05) is 40.2 Å². The first-order chi connectivity index (χ1) is 7.74. The summed E-state index contributed by atoms with van der Waals surface area (Å²) in [7, 11) is 0. The Hall–Kier alpha value is -1.35. The maximum absolute atomic E-state index is 12.1. The van der Waals surface area contributed by atoms with E-state index >= 15 is 0 Å². The molecule has 0 amide bonds. The molecule has 82 valence electrons. The van der Waals surface area contributed by atoms with Gasteiger partial charge in [0, 0.05) is 17.1 Å². The van der Waals surface area contributed by atoms with Gasteiger partial charge in [0.05, 0.1) is 5.69 Å². The van der Waals surface area contributed by atoms with Gasteiger partial charge in [-0.2, -0.15) is 0 Å². The van der Waals surface area contributed by atoms with Crippen molar-refractivity contribution in [2.75, 3.05) is 0 Å². The largest absolute Gasteiger partial charge is 0.284 e. The Morgan fingerprint density at radius 1 is 1.19 bits per heavy atom. The Kier molecular flexibility index (Phi) is 3.25. The predicted molar refractivity (Wildman–Crippen MR) is 69.4 cm³/mol. The third-order valence-corrected chi connectivity index (χ3v) is 3.15. The lowest BCUT2D eigenvalue weighted by molar-refractivity contribution is 0.957. The molecule has 0 spiro atoms. The number of pyridine rings is 1. The van der Waals surface area contributed by atoms with E-state index in [2.05, 4.69) is 15.9 Å². The van der Waals surface area contributed by atoms with Gasteiger partial charge in [-0.25, -0.2) is 0 Å². The van der Waals surface area contributed by atoms with Gasteiger partial charge >= 0.3 is 0 Å². The molecule has 0 saturated carbocycles. The number of nitrogens with zero attached hydrogens (tertiary/aromatic N) is 1. The van der Waals surface area contributed by atoms with E-state index in [1.807, 2.05) is 43.3 Å². The number of rotatable bonds is 2. The molecule has 2 rings (SSSR count). The molecule has 16 heavy (non-hydrogen) atoms. The van der Waals surface area contributed by atoms with Gasteiger partial charge in [0.15, 0.2) is 0 Å². The van der Waals surface area contributed by atoms with Crippen LogP contribution in [0.1, 0.15) is 11.1 Å². The van der Waals surface area contributed by atoms with Crippen LogP contribution in [0.15, 0.2) is 47.4 Å². The van der Waals surface area contributed by atoms with Crippen LogP contribution in [-0.2, 0) is 5.33 Å². The van der Waals surface area contributed by atoms with Crippen LogP contribution in [0.25, 0.3) is 5.69 Å². The monoisotopic (exact) mass is 277 g/mol. The van der Waals surface area contributed by atoms with Gasteiger partial charge in [0.25, 0.3) is 5.56 Å². The summed E-state index contributed by atoms with van der Waals surface area (Å²) in [6, 6.07) is 11.6. The van der Waals surface area contributed by atoms with Crippen LogP contribution in [0.3, 0.4) is 0 Å². The molecule has 0 bridgehead atoms. The van der Waals surface area contributed by atoms with Gasteiger partial charge in [0.1, 0.15) is 0 Å². The Morgan fingerprint density at radius 2 is 1.94 bits per heavy atom. The standard InChI is InChI=1S/C13H12BrNO/c1-10-5-2-3-7-12(10)15-8-4-6-11(9-14)13(15)16/h2-8H,9H2,1H3. The highest BCUT2D eigenvalue weighted by atomic mass is 79.9. The molecular weight excluding hydrogens is 266 g/mol. The van der Waals surface area contributed by atoms with E-state index in [0.29, 0.717) is 5.33 Å². The molecule has 0 aliphatic carbocycles. The number of alkyl halides is 1. The number of benzene rings is 1. The minimum absolute atomic E-state index is 0.0358. The molecule has 2 aromatic rings. The van der Waals surface area contributed by atoms with Crippen LogP contribution < -0.4 is 5.56 Å². The highest BCUT2D eigenvalue weighted by Crippen LogP contribution is 2.11. The van der Waals surface area contributed by atoms with E-state index in [1.165, 1.54) is 0 Å². The molecule has 0 radical (unpaired) electrons. The second-order valence-corrected chi connectivity index (χ2v) is 4.19. The number of hydrogen-bond donors (Lipinski definition) is 0. The molecule has 2 nitrogen and oxygen atoms in total. The summed E-state index contributed by atoms with van der Waals surface area (Å²) in [5.74, 6) is 0. The zero-order valence-electron chi connectivity index (χ0n) is 8.98. The number of aryl methyl sites for hydroxylation is 1. The summed E-state index contributed by atoms with van der Waals surface area (Å²) in [5.41, 5.74) is 2.84. The van der Waals surface area contributed by atoms with E-state index < -0.39 is 0 Å². The Balaban J connectivity index is 2.66. The smallest absolute Gasteiger partial charge is 0.259 e. The summed E-state index contributed by atoms with van der Waals surface area (Å²) >= 11 is 3.32. The lowest BCUT2D eigenvalue weighted by atomic mass is 10.2. The molecule has 1 aromatic heterocycles. The summed E-state index contributed by atoms with van der Waals surface area (Å²) in [6.45, 7) is 2.00. The van der Waals surface area contributed by atoms with E-state index in [1.54, 1.807) is 10.8 Å². The van der Waals surface area contributed by atoms with Crippen LogP contribution in [0.5, 0.6) is 0 Å². The van der Waals surface area contributed by atoms with Crippen molar-refractivity contribution in [3.05, 3.63) is 64.1 Å². The zero-order valence-corrected chi connectivity index (χ0v) is 10.6. The fourth-order valence-electron chi connectivity index (χ4n) is 1.66. The number of halogens is 1. The van der Waals surface area contributed by atoms with Crippen LogP contribution in [-0.4, -0.2) is 4.57 Å². The number of aromatic nitrogens is 1. The summed E-state index contributed by atoms with van der Waals surface area (Å²) in [4.78, 5) is 12.1. The molecule has 1 heterocycles. The van der Waals surface area contributed by atoms with Crippen molar-refractivity contribution in [3.8, 4) is 5.69 Å². The summed E-state index contributed by atoms with van der Waals surface area (Å²) in [5, 5.41) is 0.582. The van der Waals surface area contributed by atoms with Crippen molar-refractivity contribution >= 4 is 15.9 Å². The molecule has 3 heteroatoms. The highest BCUT2D eigenvalue weighted by Gasteiger charge is 2.05. The first kappa shape index (κ1) is 11.1.